The zero-order valence-corrected chi connectivity index (χ0v) is 18.0. The fraction of sp³-hybridized carbons (Fsp3) is 0.261. The fourth-order valence-electron chi connectivity index (χ4n) is 3.88. The first-order chi connectivity index (χ1) is 15.5. The lowest BCUT2D eigenvalue weighted by atomic mass is 10.1. The van der Waals surface area contributed by atoms with Crippen LogP contribution in [0, 0.1) is 5.82 Å². The van der Waals surface area contributed by atoms with Gasteiger partial charge in [-0.1, -0.05) is 0 Å². The number of ether oxygens (including phenoxy) is 1. The van der Waals surface area contributed by atoms with Gasteiger partial charge in [-0.05, 0) is 55.6 Å². The zero-order chi connectivity index (χ0) is 22.2. The summed E-state index contributed by atoms with van der Waals surface area (Å²) in [5, 5.41) is 5.32. The number of nitrogen functional groups attached to an aromatic ring is 1. The molecule has 0 amide bonds. The lowest BCUT2D eigenvalue weighted by Gasteiger charge is -2.32. The van der Waals surface area contributed by atoms with Gasteiger partial charge in [0.25, 0.3) is 0 Å². The molecule has 0 bridgehead atoms. The normalized spacial score (nSPS) is 14.8. The lowest BCUT2D eigenvalue weighted by Crippen LogP contribution is -2.45. The van der Waals surface area contributed by atoms with Gasteiger partial charge in [-0.25, -0.2) is 14.1 Å². The Balaban J connectivity index is 1.69. The smallest absolute Gasteiger partial charge is 0.228 e. The Bertz CT molecular complexity index is 1250. The number of hydrogen-bond donors (Lipinski definition) is 1. The highest BCUT2D eigenvalue weighted by Crippen LogP contribution is 2.34. The summed E-state index contributed by atoms with van der Waals surface area (Å²) in [6, 6.07) is 13.7. The molecule has 2 N–H and O–H groups in total. The summed E-state index contributed by atoms with van der Waals surface area (Å²) in [4.78, 5) is 14.1. The number of nitrogens with two attached hydrogens (primary N) is 1. The van der Waals surface area contributed by atoms with Gasteiger partial charge in [0.05, 0.1) is 23.9 Å². The molecule has 1 aliphatic rings. The summed E-state index contributed by atoms with van der Waals surface area (Å²) in [5.74, 6) is 1.47. The molecular weight excluding hydrogens is 409 g/mol. The number of piperazine rings is 1. The number of fused-ring (bicyclic) bond motifs is 1. The molecule has 5 rings (SSSR count). The average molecular weight is 433 g/mol. The van der Waals surface area contributed by atoms with E-state index in [4.69, 9.17) is 20.4 Å². The Hall–Kier alpha value is -3.72. The van der Waals surface area contributed by atoms with Crippen molar-refractivity contribution in [2.45, 2.75) is 0 Å². The molecule has 4 aromatic rings. The van der Waals surface area contributed by atoms with E-state index in [0.29, 0.717) is 34.2 Å². The molecular formula is C23H24FN7O. The van der Waals surface area contributed by atoms with E-state index in [2.05, 4.69) is 21.9 Å². The van der Waals surface area contributed by atoms with Crippen LogP contribution in [0.15, 0.2) is 48.5 Å². The van der Waals surface area contributed by atoms with Crippen molar-refractivity contribution >= 4 is 22.8 Å². The Morgan fingerprint density at radius 2 is 1.62 bits per heavy atom. The molecule has 2 aromatic heterocycles. The first kappa shape index (κ1) is 20.2. The van der Waals surface area contributed by atoms with E-state index in [1.165, 1.54) is 12.1 Å². The van der Waals surface area contributed by atoms with Gasteiger partial charge in [-0.3, -0.25) is 0 Å². The third-order valence-corrected chi connectivity index (χ3v) is 5.78. The summed E-state index contributed by atoms with van der Waals surface area (Å²) in [5.41, 5.74) is 9.28. The van der Waals surface area contributed by atoms with Gasteiger partial charge < -0.3 is 20.3 Å². The maximum Gasteiger partial charge on any atom is 0.228 e. The summed E-state index contributed by atoms with van der Waals surface area (Å²) >= 11 is 0. The third kappa shape index (κ3) is 3.60. The van der Waals surface area contributed by atoms with Crippen molar-refractivity contribution in [3.63, 3.8) is 0 Å². The minimum absolute atomic E-state index is 0.319. The number of halogens is 1. The van der Waals surface area contributed by atoms with E-state index < -0.39 is 0 Å². The van der Waals surface area contributed by atoms with Crippen LogP contribution in [0.3, 0.4) is 0 Å². The van der Waals surface area contributed by atoms with Gasteiger partial charge in [0.1, 0.15) is 17.4 Å². The number of methoxy groups -OCH3 is 1. The topological polar surface area (TPSA) is 85.3 Å². The van der Waals surface area contributed by atoms with Crippen molar-refractivity contribution in [2.75, 3.05) is 51.0 Å². The van der Waals surface area contributed by atoms with Gasteiger partial charge in [0, 0.05) is 31.7 Å². The van der Waals surface area contributed by atoms with Crippen LogP contribution in [-0.4, -0.2) is 65.0 Å². The van der Waals surface area contributed by atoms with Crippen molar-refractivity contribution in [3.05, 3.63) is 54.3 Å². The first-order valence-corrected chi connectivity index (χ1v) is 10.4. The third-order valence-electron chi connectivity index (χ3n) is 5.78. The van der Waals surface area contributed by atoms with Crippen LogP contribution in [0.1, 0.15) is 0 Å². The van der Waals surface area contributed by atoms with Crippen LogP contribution in [-0.2, 0) is 0 Å². The van der Waals surface area contributed by atoms with E-state index in [9.17, 15) is 4.39 Å². The quantitative estimate of drug-likeness (QED) is 0.530. The Labute approximate surface area is 185 Å². The van der Waals surface area contributed by atoms with E-state index >= 15 is 0 Å². The molecule has 0 saturated carbocycles. The van der Waals surface area contributed by atoms with Gasteiger partial charge >= 0.3 is 0 Å². The number of hydrogen-bond acceptors (Lipinski definition) is 7. The van der Waals surface area contributed by atoms with Crippen molar-refractivity contribution in [1.29, 1.82) is 0 Å². The van der Waals surface area contributed by atoms with E-state index in [-0.39, 0.29) is 5.82 Å². The van der Waals surface area contributed by atoms with Crippen molar-refractivity contribution in [3.8, 4) is 22.7 Å². The predicted molar refractivity (Wildman–Crippen MR) is 123 cm³/mol. The molecule has 1 aliphatic heterocycles. The molecule has 1 fully saturated rings. The second kappa shape index (κ2) is 8.08. The highest BCUT2D eigenvalue weighted by atomic mass is 19.1. The Morgan fingerprint density at radius 1 is 0.938 bits per heavy atom. The number of nitrogens with zero attached hydrogens (tertiary/aromatic N) is 6. The molecule has 8 nitrogen and oxygen atoms in total. The lowest BCUT2D eigenvalue weighted by molar-refractivity contribution is 0.311. The monoisotopic (exact) mass is 433 g/mol. The molecule has 3 heterocycles. The van der Waals surface area contributed by atoms with Crippen LogP contribution >= 0.6 is 0 Å². The second-order valence-corrected chi connectivity index (χ2v) is 7.86. The molecule has 1 saturated heterocycles. The van der Waals surface area contributed by atoms with Gasteiger partial charge in [-0.15, -0.1) is 5.10 Å². The van der Waals surface area contributed by atoms with Gasteiger partial charge in [-0.2, -0.15) is 4.98 Å². The molecule has 9 heteroatoms. The minimum atomic E-state index is -0.319. The number of benzene rings is 2. The fourth-order valence-corrected chi connectivity index (χ4v) is 3.88. The molecule has 2 aromatic carbocycles. The molecule has 0 aliphatic carbocycles. The highest BCUT2D eigenvalue weighted by Gasteiger charge is 2.23. The van der Waals surface area contributed by atoms with Crippen LogP contribution in [0.5, 0.6) is 5.75 Å². The second-order valence-electron chi connectivity index (χ2n) is 7.86. The minimum Gasteiger partial charge on any atom is -0.497 e. The molecule has 0 spiro atoms. The van der Waals surface area contributed by atoms with Crippen LogP contribution < -0.4 is 15.4 Å². The van der Waals surface area contributed by atoms with Crippen molar-refractivity contribution < 1.29 is 9.13 Å². The zero-order valence-electron chi connectivity index (χ0n) is 18.0. The van der Waals surface area contributed by atoms with E-state index in [1.54, 1.807) is 23.9 Å². The molecule has 0 radical (unpaired) electrons. The van der Waals surface area contributed by atoms with Crippen LogP contribution in [0.4, 0.5) is 16.2 Å². The molecule has 0 atom stereocenters. The van der Waals surface area contributed by atoms with Gasteiger partial charge in [0.15, 0.2) is 5.65 Å². The van der Waals surface area contributed by atoms with E-state index in [1.807, 2.05) is 24.3 Å². The SMILES string of the molecule is COc1ccc(-c2nc(N3CCN(C)CC3)nc3nn(-c4ccc(F)cc4)c(N)c23)cc1. The highest BCUT2D eigenvalue weighted by molar-refractivity contribution is 5.99. The average Bonchev–Trinajstić information content (AvgIpc) is 3.16. The van der Waals surface area contributed by atoms with Crippen LogP contribution in [0.2, 0.25) is 0 Å². The Kier molecular flexibility index (Phi) is 5.10. The predicted octanol–water partition coefficient (Wildman–Crippen LogP) is 2.96. The standard InChI is InChI=1S/C23H24FN7O/c1-29-11-13-30(14-12-29)23-26-20(15-3-9-18(32-2)10-4-15)19-21(25)31(28-22(19)27-23)17-7-5-16(24)6-8-17/h3-10H,11-14,25H2,1-2H3. The summed E-state index contributed by atoms with van der Waals surface area (Å²) in [7, 11) is 3.74. The maximum atomic E-state index is 13.4. The number of rotatable bonds is 4. The first-order valence-electron chi connectivity index (χ1n) is 10.4. The molecule has 32 heavy (non-hydrogen) atoms. The largest absolute Gasteiger partial charge is 0.497 e. The Morgan fingerprint density at radius 3 is 2.28 bits per heavy atom. The number of anilines is 2. The molecule has 164 valence electrons. The number of aromatic nitrogens is 4. The summed E-state index contributed by atoms with van der Waals surface area (Å²) in [6.45, 7) is 3.53. The van der Waals surface area contributed by atoms with Crippen molar-refractivity contribution in [2.24, 2.45) is 0 Å². The summed E-state index contributed by atoms with van der Waals surface area (Å²) < 4.78 is 20.3. The maximum absolute atomic E-state index is 13.4. The van der Waals surface area contributed by atoms with E-state index in [0.717, 1.165) is 37.5 Å². The van der Waals surface area contributed by atoms with Crippen LogP contribution in [0.25, 0.3) is 28.0 Å². The molecule has 0 unspecified atom stereocenters. The summed E-state index contributed by atoms with van der Waals surface area (Å²) in [6.07, 6.45) is 0. The van der Waals surface area contributed by atoms with Crippen molar-refractivity contribution in [1.82, 2.24) is 24.6 Å². The van der Waals surface area contributed by atoms with Gasteiger partial charge in [0.2, 0.25) is 5.95 Å². The number of likely N-dealkylation sites (N-methyl/N-ethyl adjacent to an activating group) is 1.